The van der Waals surface area contributed by atoms with Gasteiger partial charge in [-0.3, -0.25) is 4.90 Å². The van der Waals surface area contributed by atoms with E-state index in [1.54, 1.807) is 0 Å². The van der Waals surface area contributed by atoms with Crippen molar-refractivity contribution in [3.63, 3.8) is 0 Å². The van der Waals surface area contributed by atoms with E-state index in [1.807, 2.05) is 6.92 Å². The van der Waals surface area contributed by atoms with Crippen LogP contribution in [-0.4, -0.2) is 28.2 Å². The Kier molecular flexibility index (Phi) is 3.36. The summed E-state index contributed by atoms with van der Waals surface area (Å²) in [5, 5.41) is 7.88. The van der Waals surface area contributed by atoms with Crippen molar-refractivity contribution >= 4 is 0 Å². The van der Waals surface area contributed by atoms with Gasteiger partial charge in [0.1, 0.15) is 0 Å². The summed E-state index contributed by atoms with van der Waals surface area (Å²) in [4.78, 5) is 2.42. The Morgan fingerprint density at radius 1 is 1.47 bits per heavy atom. The van der Waals surface area contributed by atoms with Crippen molar-refractivity contribution in [2.75, 3.05) is 13.1 Å². The Morgan fingerprint density at radius 3 is 3.00 bits per heavy atom. The molecule has 0 aromatic carbocycles. The van der Waals surface area contributed by atoms with E-state index in [0.717, 1.165) is 24.9 Å². The van der Waals surface area contributed by atoms with Crippen molar-refractivity contribution in [1.29, 1.82) is 0 Å². The van der Waals surface area contributed by atoms with Crippen LogP contribution >= 0.6 is 0 Å². The average molecular weight is 209 g/mol. The van der Waals surface area contributed by atoms with Crippen LogP contribution in [0.2, 0.25) is 0 Å². The lowest BCUT2D eigenvalue weighted by atomic mass is 9.96. The number of aromatic nitrogens is 2. The van der Waals surface area contributed by atoms with Gasteiger partial charge in [0.2, 0.25) is 11.8 Å². The van der Waals surface area contributed by atoms with Gasteiger partial charge in [0.15, 0.2) is 0 Å². The van der Waals surface area contributed by atoms with Crippen molar-refractivity contribution in [2.24, 2.45) is 5.92 Å². The van der Waals surface area contributed by atoms with Crippen molar-refractivity contribution in [1.82, 2.24) is 15.1 Å². The first-order valence-corrected chi connectivity index (χ1v) is 5.79. The summed E-state index contributed by atoms with van der Waals surface area (Å²) in [6.07, 6.45) is 3.95. The molecule has 1 saturated heterocycles. The predicted molar refractivity (Wildman–Crippen MR) is 57.3 cm³/mol. The molecule has 0 radical (unpaired) electrons. The van der Waals surface area contributed by atoms with Crippen LogP contribution < -0.4 is 0 Å². The van der Waals surface area contributed by atoms with Crippen LogP contribution in [0, 0.1) is 12.8 Å². The van der Waals surface area contributed by atoms with Gasteiger partial charge in [0, 0.05) is 13.5 Å². The van der Waals surface area contributed by atoms with Crippen LogP contribution in [0.25, 0.3) is 0 Å². The Bertz CT molecular complexity index is 311. The van der Waals surface area contributed by atoms with E-state index in [0.29, 0.717) is 5.89 Å². The first-order chi connectivity index (χ1) is 7.28. The molecule has 15 heavy (non-hydrogen) atoms. The highest BCUT2D eigenvalue weighted by molar-refractivity contribution is 4.81. The normalized spacial score (nSPS) is 23.2. The van der Waals surface area contributed by atoms with Crippen molar-refractivity contribution in [3.05, 3.63) is 11.8 Å². The predicted octanol–water partition coefficient (Wildman–Crippen LogP) is 2.00. The Morgan fingerprint density at radius 2 is 2.33 bits per heavy atom. The molecule has 0 bridgehead atoms. The van der Waals surface area contributed by atoms with Gasteiger partial charge in [0.05, 0.1) is 6.54 Å². The Hall–Kier alpha value is -0.900. The van der Waals surface area contributed by atoms with Crippen LogP contribution in [0.5, 0.6) is 0 Å². The minimum absolute atomic E-state index is 0.661. The molecule has 0 saturated carbocycles. The van der Waals surface area contributed by atoms with E-state index in [9.17, 15) is 0 Å². The van der Waals surface area contributed by atoms with Crippen molar-refractivity contribution in [3.8, 4) is 0 Å². The number of rotatable bonds is 3. The molecule has 1 aromatic heterocycles. The molecule has 0 amide bonds. The maximum atomic E-state index is 5.39. The molecule has 0 spiro atoms. The Balaban J connectivity index is 1.88. The summed E-state index contributed by atoms with van der Waals surface area (Å²) in [6.45, 7) is 7.26. The monoisotopic (exact) mass is 209 g/mol. The highest BCUT2D eigenvalue weighted by Crippen LogP contribution is 2.20. The number of likely N-dealkylation sites (tertiary alicyclic amines) is 1. The molecule has 0 aliphatic carbocycles. The molecule has 1 unspecified atom stereocenters. The fraction of sp³-hybridized carbons (Fsp3) is 0.818. The number of nitrogens with zero attached hydrogens (tertiary/aromatic N) is 3. The molecule has 2 heterocycles. The molecular weight excluding hydrogens is 190 g/mol. The van der Waals surface area contributed by atoms with Gasteiger partial charge >= 0.3 is 0 Å². The molecule has 84 valence electrons. The van der Waals surface area contributed by atoms with E-state index >= 15 is 0 Å². The van der Waals surface area contributed by atoms with Crippen LogP contribution in [0.1, 0.15) is 38.0 Å². The van der Waals surface area contributed by atoms with Crippen LogP contribution in [-0.2, 0) is 6.54 Å². The van der Waals surface area contributed by atoms with E-state index in [4.69, 9.17) is 4.42 Å². The zero-order valence-corrected chi connectivity index (χ0v) is 9.57. The van der Waals surface area contributed by atoms with E-state index in [2.05, 4.69) is 22.0 Å². The summed E-state index contributed by atoms with van der Waals surface area (Å²) >= 11 is 0. The van der Waals surface area contributed by atoms with Gasteiger partial charge in [-0.25, -0.2) is 0 Å². The van der Waals surface area contributed by atoms with Gasteiger partial charge in [-0.1, -0.05) is 13.3 Å². The van der Waals surface area contributed by atoms with Crippen molar-refractivity contribution in [2.45, 2.75) is 39.7 Å². The number of hydrogen-bond donors (Lipinski definition) is 0. The molecule has 2 rings (SSSR count). The van der Waals surface area contributed by atoms with Gasteiger partial charge in [-0.05, 0) is 25.3 Å². The van der Waals surface area contributed by atoms with Crippen LogP contribution in [0.3, 0.4) is 0 Å². The largest absolute Gasteiger partial charge is 0.424 e. The number of aryl methyl sites for hydroxylation is 1. The average Bonchev–Trinajstić information content (AvgIpc) is 2.64. The van der Waals surface area contributed by atoms with Gasteiger partial charge in [-0.2, -0.15) is 0 Å². The minimum atomic E-state index is 0.661. The summed E-state index contributed by atoms with van der Waals surface area (Å²) in [6, 6.07) is 0. The number of hydrogen-bond acceptors (Lipinski definition) is 4. The molecule has 4 nitrogen and oxygen atoms in total. The molecule has 1 atom stereocenters. The van der Waals surface area contributed by atoms with Gasteiger partial charge in [0.25, 0.3) is 0 Å². The molecule has 4 heteroatoms. The quantitative estimate of drug-likeness (QED) is 0.763. The lowest BCUT2D eigenvalue weighted by Gasteiger charge is -2.31. The molecule has 1 fully saturated rings. The third-order valence-electron chi connectivity index (χ3n) is 3.11. The topological polar surface area (TPSA) is 42.2 Å². The van der Waals surface area contributed by atoms with Crippen LogP contribution in [0.4, 0.5) is 0 Å². The summed E-state index contributed by atoms with van der Waals surface area (Å²) in [5.41, 5.74) is 0. The maximum Gasteiger partial charge on any atom is 0.230 e. The second kappa shape index (κ2) is 4.75. The lowest BCUT2D eigenvalue weighted by molar-refractivity contribution is 0.151. The summed E-state index contributed by atoms with van der Waals surface area (Å²) < 4.78 is 5.39. The first-order valence-electron chi connectivity index (χ1n) is 5.79. The second-order valence-corrected chi connectivity index (χ2v) is 4.37. The number of piperidine rings is 1. The van der Waals surface area contributed by atoms with E-state index in [1.165, 1.54) is 25.8 Å². The molecule has 1 aliphatic heterocycles. The highest BCUT2D eigenvalue weighted by atomic mass is 16.4. The third kappa shape index (κ3) is 2.78. The molecule has 1 aliphatic rings. The maximum absolute atomic E-state index is 5.39. The van der Waals surface area contributed by atoms with Crippen LogP contribution in [0.15, 0.2) is 4.42 Å². The molecular formula is C11H19N3O. The molecule has 1 aromatic rings. The zero-order valence-electron chi connectivity index (χ0n) is 9.57. The van der Waals surface area contributed by atoms with Gasteiger partial charge < -0.3 is 4.42 Å². The SMILES string of the molecule is CCC1CCCN(Cc2nnc(C)o2)C1. The van der Waals surface area contributed by atoms with E-state index in [-0.39, 0.29) is 0 Å². The van der Waals surface area contributed by atoms with Gasteiger partial charge in [-0.15, -0.1) is 10.2 Å². The lowest BCUT2D eigenvalue weighted by Crippen LogP contribution is -2.34. The first kappa shape index (κ1) is 10.6. The molecule has 0 N–H and O–H groups in total. The smallest absolute Gasteiger partial charge is 0.230 e. The third-order valence-corrected chi connectivity index (χ3v) is 3.11. The summed E-state index contributed by atoms with van der Waals surface area (Å²) in [7, 11) is 0. The zero-order chi connectivity index (χ0) is 10.7. The fourth-order valence-electron chi connectivity index (χ4n) is 2.22. The van der Waals surface area contributed by atoms with E-state index < -0.39 is 0 Å². The minimum Gasteiger partial charge on any atom is -0.424 e. The standard InChI is InChI=1S/C11H19N3O/c1-3-10-5-4-6-14(7-10)8-11-13-12-9(2)15-11/h10H,3-8H2,1-2H3. The summed E-state index contributed by atoms with van der Waals surface area (Å²) in [5.74, 6) is 2.26. The highest BCUT2D eigenvalue weighted by Gasteiger charge is 2.19. The van der Waals surface area contributed by atoms with Crippen molar-refractivity contribution < 1.29 is 4.42 Å². The Labute approximate surface area is 90.7 Å². The fourth-order valence-corrected chi connectivity index (χ4v) is 2.22. The second-order valence-electron chi connectivity index (χ2n) is 4.37.